The third-order valence-electron chi connectivity index (χ3n) is 3.93. The molecule has 0 saturated heterocycles. The fraction of sp³-hybridized carbons (Fsp3) is 0.167. The van der Waals surface area contributed by atoms with Crippen LogP contribution in [0, 0.1) is 12.0 Å². The number of nitrogens with one attached hydrogen (secondary N) is 1. The first kappa shape index (κ1) is 20.1. The van der Waals surface area contributed by atoms with E-state index in [2.05, 4.69) is 16.5 Å². The molecule has 1 N–H and O–H groups in total. The van der Waals surface area contributed by atoms with Gasteiger partial charge < -0.3 is 5.32 Å². The first-order valence-corrected chi connectivity index (χ1v) is 11.0. The van der Waals surface area contributed by atoms with Gasteiger partial charge in [0.15, 0.2) is 0 Å². The highest BCUT2D eigenvalue weighted by atomic mass is 35.5. The van der Waals surface area contributed by atoms with Gasteiger partial charge in [-0.3, -0.25) is 0 Å². The van der Waals surface area contributed by atoms with Crippen LogP contribution in [0.3, 0.4) is 0 Å². The van der Waals surface area contributed by atoms with Crippen LogP contribution in [0.25, 0.3) is 0 Å². The molecule has 4 nitrogen and oxygen atoms in total. The Morgan fingerprint density at radius 3 is 2.63 bits per heavy atom. The molecule has 0 aliphatic heterocycles. The van der Waals surface area contributed by atoms with Gasteiger partial charge in [-0.2, -0.15) is 0 Å². The molecule has 1 heterocycles. The monoisotopic (exact) mass is 443 g/mol. The molecule has 1 aromatic heterocycles. The number of benzene rings is 2. The van der Waals surface area contributed by atoms with E-state index < -0.39 is 20.5 Å². The Morgan fingerprint density at radius 1 is 1.26 bits per heavy atom. The molecule has 0 aliphatic carbocycles. The molecular formula is C18H14Cl2FN2O2S2. The van der Waals surface area contributed by atoms with E-state index in [0.717, 1.165) is 29.0 Å². The molecule has 1 atom stereocenters. The molecular weight excluding hydrogens is 430 g/mol. The number of sulfone groups is 1. The van der Waals surface area contributed by atoms with Crippen LogP contribution in [0.1, 0.15) is 24.9 Å². The van der Waals surface area contributed by atoms with E-state index in [-0.39, 0.29) is 21.1 Å². The predicted molar refractivity (Wildman–Crippen MR) is 106 cm³/mol. The Kier molecular flexibility index (Phi) is 6.05. The van der Waals surface area contributed by atoms with Gasteiger partial charge in [0.2, 0.25) is 14.2 Å². The first-order chi connectivity index (χ1) is 12.8. The second-order valence-corrected chi connectivity index (χ2v) is 9.40. The number of thiazole rings is 1. The van der Waals surface area contributed by atoms with Crippen molar-refractivity contribution in [2.75, 3.05) is 5.32 Å². The molecule has 0 saturated carbocycles. The van der Waals surface area contributed by atoms with Crippen LogP contribution in [0.15, 0.2) is 51.0 Å². The number of halogens is 3. The molecule has 3 aromatic rings. The molecule has 2 aromatic carbocycles. The Labute approximate surface area is 170 Å². The summed E-state index contributed by atoms with van der Waals surface area (Å²) < 4.78 is 39.4. The molecule has 0 aliphatic rings. The van der Waals surface area contributed by atoms with Gasteiger partial charge in [0, 0.05) is 10.4 Å². The summed E-state index contributed by atoms with van der Waals surface area (Å²) in [6, 6.07) is 9.26. The van der Waals surface area contributed by atoms with Gasteiger partial charge in [0.05, 0.1) is 16.8 Å². The maximum atomic E-state index is 14.6. The minimum Gasteiger partial charge on any atom is -0.377 e. The average molecular weight is 444 g/mol. The van der Waals surface area contributed by atoms with Crippen molar-refractivity contribution in [2.24, 2.45) is 0 Å². The quantitative estimate of drug-likeness (QED) is 0.523. The van der Waals surface area contributed by atoms with Crippen LogP contribution < -0.4 is 5.32 Å². The number of aromatic nitrogens is 1. The molecule has 3 rings (SSSR count). The summed E-state index contributed by atoms with van der Waals surface area (Å²) >= 11 is 13.3. The minimum atomic E-state index is -4.09. The third kappa shape index (κ3) is 4.11. The van der Waals surface area contributed by atoms with Gasteiger partial charge in [0.1, 0.15) is 16.9 Å². The number of nitrogens with zero attached hydrogens (tertiary/aromatic N) is 1. The van der Waals surface area contributed by atoms with Crippen molar-refractivity contribution in [1.82, 2.24) is 4.98 Å². The van der Waals surface area contributed by atoms with Crippen molar-refractivity contribution >= 4 is 50.1 Å². The van der Waals surface area contributed by atoms with E-state index in [1.54, 1.807) is 6.07 Å². The zero-order chi connectivity index (χ0) is 19.6. The smallest absolute Gasteiger partial charge is 0.236 e. The Morgan fingerprint density at radius 2 is 2.00 bits per heavy atom. The highest BCUT2D eigenvalue weighted by Crippen LogP contribution is 2.35. The summed E-state index contributed by atoms with van der Waals surface area (Å²) in [5.41, 5.74) is 1.12. The van der Waals surface area contributed by atoms with Crippen LogP contribution in [0.5, 0.6) is 0 Å². The predicted octanol–water partition coefficient (Wildman–Crippen LogP) is 5.79. The van der Waals surface area contributed by atoms with Gasteiger partial charge in [-0.15, -0.1) is 11.3 Å². The highest BCUT2D eigenvalue weighted by Gasteiger charge is 2.26. The maximum absolute atomic E-state index is 14.6. The number of anilines is 1. The molecule has 141 valence electrons. The van der Waals surface area contributed by atoms with Crippen molar-refractivity contribution in [3.05, 3.63) is 69.4 Å². The minimum absolute atomic E-state index is 0.0843. The zero-order valence-electron chi connectivity index (χ0n) is 14.0. The van der Waals surface area contributed by atoms with E-state index in [9.17, 15) is 12.8 Å². The Bertz CT molecular complexity index is 1060. The van der Waals surface area contributed by atoms with Gasteiger partial charge in [0.25, 0.3) is 0 Å². The van der Waals surface area contributed by atoms with Gasteiger partial charge in [-0.05, 0) is 30.2 Å². The lowest BCUT2D eigenvalue weighted by Crippen LogP contribution is -2.12. The second-order valence-electron chi connectivity index (χ2n) is 5.64. The molecule has 0 amide bonds. The van der Waals surface area contributed by atoms with Crippen LogP contribution in [-0.2, 0) is 9.84 Å². The SMILES string of the molecule is CC[C@H](Nc1cc(F)c(S(=O)(=O)c2n[c]cs2)cc1Cl)c1ccccc1Cl. The van der Waals surface area contributed by atoms with E-state index in [4.69, 9.17) is 23.2 Å². The fourth-order valence-electron chi connectivity index (χ4n) is 2.59. The summed E-state index contributed by atoms with van der Waals surface area (Å²) in [5.74, 6) is -0.911. The summed E-state index contributed by atoms with van der Waals surface area (Å²) in [7, 11) is -4.09. The van der Waals surface area contributed by atoms with E-state index in [1.807, 2.05) is 25.1 Å². The summed E-state index contributed by atoms with van der Waals surface area (Å²) in [6.07, 6.45) is 3.08. The average Bonchev–Trinajstić information content (AvgIpc) is 3.18. The largest absolute Gasteiger partial charge is 0.377 e. The standard InChI is InChI=1S/C18H14Cl2FN2O2S2/c1-2-15(11-5-3-4-6-12(11)19)23-16-10-14(21)17(9-13(16)20)27(24,25)18-22-7-8-26-18/h3-6,8-10,15,23H,2H2,1H3/t15-/m0/s1. The van der Waals surface area contributed by atoms with Crippen molar-refractivity contribution < 1.29 is 12.8 Å². The molecule has 0 spiro atoms. The van der Waals surface area contributed by atoms with Crippen molar-refractivity contribution in [3.8, 4) is 0 Å². The summed E-state index contributed by atoms with van der Waals surface area (Å²) in [6.45, 7) is 1.95. The normalized spacial score (nSPS) is 12.7. The van der Waals surface area contributed by atoms with Crippen molar-refractivity contribution in [2.45, 2.75) is 28.6 Å². The Balaban J connectivity index is 1.97. The third-order valence-corrected chi connectivity index (χ3v) is 7.49. The molecule has 1 radical (unpaired) electrons. The number of hydrogen-bond donors (Lipinski definition) is 1. The number of rotatable bonds is 6. The zero-order valence-corrected chi connectivity index (χ0v) is 17.2. The molecule has 0 bridgehead atoms. The van der Waals surface area contributed by atoms with Crippen molar-refractivity contribution in [1.29, 1.82) is 0 Å². The van der Waals surface area contributed by atoms with Crippen LogP contribution >= 0.6 is 34.5 Å². The molecule has 9 heteroatoms. The lowest BCUT2D eigenvalue weighted by Gasteiger charge is -2.21. The summed E-state index contributed by atoms with van der Waals surface area (Å²) in [4.78, 5) is 3.11. The van der Waals surface area contributed by atoms with E-state index in [0.29, 0.717) is 11.4 Å². The Hall–Kier alpha value is -1.67. The molecule has 27 heavy (non-hydrogen) atoms. The van der Waals surface area contributed by atoms with Crippen LogP contribution in [0.4, 0.5) is 10.1 Å². The first-order valence-electron chi connectivity index (χ1n) is 7.91. The maximum Gasteiger partial charge on any atom is 0.236 e. The van der Waals surface area contributed by atoms with E-state index >= 15 is 0 Å². The summed E-state index contributed by atoms with van der Waals surface area (Å²) in [5, 5.41) is 5.19. The van der Waals surface area contributed by atoms with Crippen molar-refractivity contribution in [3.63, 3.8) is 0 Å². The second kappa shape index (κ2) is 8.14. The molecule has 0 unspecified atom stereocenters. The lowest BCUT2D eigenvalue weighted by molar-refractivity contribution is 0.566. The number of hydrogen-bond acceptors (Lipinski definition) is 5. The van der Waals surface area contributed by atoms with Gasteiger partial charge in [-0.1, -0.05) is 48.3 Å². The fourth-order valence-corrected chi connectivity index (χ4v) is 5.32. The van der Waals surface area contributed by atoms with Gasteiger partial charge >= 0.3 is 0 Å². The molecule has 0 fully saturated rings. The highest BCUT2D eigenvalue weighted by molar-refractivity contribution is 7.93. The van der Waals surface area contributed by atoms with Crippen LogP contribution in [-0.4, -0.2) is 13.4 Å². The van der Waals surface area contributed by atoms with Gasteiger partial charge in [-0.25, -0.2) is 17.8 Å². The van der Waals surface area contributed by atoms with E-state index in [1.165, 1.54) is 5.38 Å². The lowest BCUT2D eigenvalue weighted by atomic mass is 10.0. The van der Waals surface area contributed by atoms with Crippen LogP contribution in [0.2, 0.25) is 10.0 Å². The topological polar surface area (TPSA) is 59.1 Å².